The lowest BCUT2D eigenvalue weighted by Gasteiger charge is -2.08. The van der Waals surface area contributed by atoms with Gasteiger partial charge in [0.2, 0.25) is 11.8 Å². The van der Waals surface area contributed by atoms with Gasteiger partial charge in [0.05, 0.1) is 6.04 Å². The van der Waals surface area contributed by atoms with Gasteiger partial charge in [-0.1, -0.05) is 5.10 Å². The van der Waals surface area contributed by atoms with Crippen LogP contribution in [0, 0.1) is 0 Å². The van der Waals surface area contributed by atoms with Crippen molar-refractivity contribution in [3.8, 4) is 0 Å². The summed E-state index contributed by atoms with van der Waals surface area (Å²) in [6, 6.07) is -0.379. The van der Waals surface area contributed by atoms with Gasteiger partial charge in [0.1, 0.15) is 0 Å². The van der Waals surface area contributed by atoms with E-state index >= 15 is 0 Å². The zero-order valence-corrected chi connectivity index (χ0v) is 10.5. The Morgan fingerprint density at radius 3 is 3.06 bits per heavy atom. The highest BCUT2D eigenvalue weighted by Crippen LogP contribution is 2.39. The Kier molecular flexibility index (Phi) is 4.01. The summed E-state index contributed by atoms with van der Waals surface area (Å²) in [4.78, 5) is 11.6. The summed E-state index contributed by atoms with van der Waals surface area (Å²) in [7, 11) is 0. The lowest BCUT2D eigenvalue weighted by Crippen LogP contribution is -2.36. The van der Waals surface area contributed by atoms with Gasteiger partial charge >= 0.3 is 6.01 Å². The molecule has 0 spiro atoms. The highest BCUT2D eigenvalue weighted by atomic mass is 32.2. The molecule has 0 aromatic carbocycles. The van der Waals surface area contributed by atoms with Crippen LogP contribution in [0.3, 0.4) is 0 Å². The monoisotopic (exact) mass is 256 g/mol. The second-order valence-corrected chi connectivity index (χ2v) is 5.08. The smallest absolute Gasteiger partial charge is 0.322 e. The lowest BCUT2D eigenvalue weighted by molar-refractivity contribution is -0.117. The number of rotatable bonds is 6. The lowest BCUT2D eigenvalue weighted by atomic mass is 10.2. The minimum atomic E-state index is -0.529. The number of anilines is 1. The van der Waals surface area contributed by atoms with E-state index in [2.05, 4.69) is 15.5 Å². The van der Waals surface area contributed by atoms with Crippen LogP contribution in [0.2, 0.25) is 0 Å². The molecule has 1 amide bonds. The van der Waals surface area contributed by atoms with Crippen molar-refractivity contribution in [2.24, 2.45) is 5.73 Å². The number of aromatic nitrogens is 2. The Balaban J connectivity index is 1.83. The van der Waals surface area contributed by atoms with Gasteiger partial charge in [0.25, 0.3) is 0 Å². The molecule has 1 aliphatic rings. The van der Waals surface area contributed by atoms with Crippen molar-refractivity contribution in [3.63, 3.8) is 0 Å². The van der Waals surface area contributed by atoms with Crippen molar-refractivity contribution in [2.75, 3.05) is 17.3 Å². The number of nitrogens with zero attached hydrogens (tertiary/aromatic N) is 2. The fourth-order valence-electron chi connectivity index (χ4n) is 1.35. The van der Waals surface area contributed by atoms with Crippen LogP contribution in [0.4, 0.5) is 6.01 Å². The van der Waals surface area contributed by atoms with Gasteiger partial charge in [-0.15, -0.1) is 5.10 Å². The number of amides is 1. The number of carbonyl (C=O) groups is 1. The Morgan fingerprint density at radius 1 is 1.65 bits per heavy atom. The van der Waals surface area contributed by atoms with E-state index in [0.717, 1.165) is 18.6 Å². The number of nitrogens with one attached hydrogen (secondary N) is 1. The molecule has 0 bridgehead atoms. The molecule has 1 saturated carbocycles. The van der Waals surface area contributed by atoms with Crippen LogP contribution in [-0.2, 0) is 4.79 Å². The summed E-state index contributed by atoms with van der Waals surface area (Å²) in [5.41, 5.74) is 5.71. The molecule has 2 rings (SSSR count). The number of nitrogens with two attached hydrogens (primary N) is 1. The maximum absolute atomic E-state index is 11.6. The minimum Gasteiger partial charge on any atom is -0.408 e. The number of hydrogen-bond acceptors (Lipinski definition) is 6. The molecule has 0 radical (unpaired) electrons. The summed E-state index contributed by atoms with van der Waals surface area (Å²) in [6.45, 7) is 0. The van der Waals surface area contributed by atoms with E-state index in [0.29, 0.717) is 18.2 Å². The molecule has 7 heteroatoms. The Hall–Kier alpha value is -1.08. The summed E-state index contributed by atoms with van der Waals surface area (Å²) in [6.07, 6.45) is 4.78. The van der Waals surface area contributed by atoms with Crippen LogP contribution >= 0.6 is 11.8 Å². The van der Waals surface area contributed by atoms with E-state index in [-0.39, 0.29) is 11.9 Å². The van der Waals surface area contributed by atoms with Crippen LogP contribution in [-0.4, -0.2) is 34.2 Å². The third-order valence-corrected chi connectivity index (χ3v) is 3.21. The SMILES string of the molecule is CSCC[C@H](N)C(=O)Nc1nnc(C2CC2)o1. The molecule has 94 valence electrons. The second-order valence-electron chi connectivity index (χ2n) is 4.10. The average molecular weight is 256 g/mol. The Morgan fingerprint density at radius 2 is 2.41 bits per heavy atom. The third-order valence-electron chi connectivity index (χ3n) is 2.57. The largest absolute Gasteiger partial charge is 0.408 e. The van der Waals surface area contributed by atoms with Gasteiger partial charge in [-0.05, 0) is 31.3 Å². The van der Waals surface area contributed by atoms with E-state index in [1.165, 1.54) is 0 Å². The van der Waals surface area contributed by atoms with E-state index in [9.17, 15) is 4.79 Å². The van der Waals surface area contributed by atoms with Crippen molar-refractivity contribution < 1.29 is 9.21 Å². The van der Waals surface area contributed by atoms with Crippen LogP contribution in [0.15, 0.2) is 4.42 Å². The van der Waals surface area contributed by atoms with E-state index in [1.807, 2.05) is 6.26 Å². The summed E-state index contributed by atoms with van der Waals surface area (Å²) in [5, 5.41) is 10.2. The average Bonchev–Trinajstić information content (AvgIpc) is 3.07. The molecule has 1 heterocycles. The second kappa shape index (κ2) is 5.50. The molecule has 1 aromatic heterocycles. The normalized spacial score (nSPS) is 16.8. The molecule has 1 atom stereocenters. The van der Waals surface area contributed by atoms with Crippen LogP contribution in [0.1, 0.15) is 31.1 Å². The Bertz CT molecular complexity index is 391. The molecule has 0 unspecified atom stereocenters. The molecule has 1 aliphatic carbocycles. The van der Waals surface area contributed by atoms with Crippen LogP contribution < -0.4 is 11.1 Å². The number of carbonyl (C=O) groups excluding carboxylic acids is 1. The first-order valence-electron chi connectivity index (χ1n) is 5.59. The maximum atomic E-state index is 11.6. The highest BCUT2D eigenvalue weighted by Gasteiger charge is 2.29. The molecule has 3 N–H and O–H groups in total. The van der Waals surface area contributed by atoms with Gasteiger partial charge in [-0.25, -0.2) is 0 Å². The molecule has 17 heavy (non-hydrogen) atoms. The van der Waals surface area contributed by atoms with E-state index in [4.69, 9.17) is 10.2 Å². The van der Waals surface area contributed by atoms with E-state index in [1.54, 1.807) is 11.8 Å². The van der Waals surface area contributed by atoms with Crippen molar-refractivity contribution in [1.29, 1.82) is 0 Å². The van der Waals surface area contributed by atoms with Crippen LogP contribution in [0.5, 0.6) is 0 Å². The Labute approximate surface area is 104 Å². The fraction of sp³-hybridized carbons (Fsp3) is 0.700. The third kappa shape index (κ3) is 3.44. The standard InChI is InChI=1S/C10H16N4O2S/c1-17-5-4-7(11)8(15)12-10-14-13-9(16-10)6-2-3-6/h6-7H,2-5,11H2,1H3,(H,12,14,15)/t7-/m0/s1. The predicted molar refractivity (Wildman–Crippen MR) is 65.9 cm³/mol. The van der Waals surface area contributed by atoms with Gasteiger partial charge in [-0.2, -0.15) is 11.8 Å². The molecule has 1 aromatic rings. The highest BCUT2D eigenvalue weighted by molar-refractivity contribution is 7.98. The van der Waals surface area contributed by atoms with Crippen molar-refractivity contribution >= 4 is 23.7 Å². The first-order valence-corrected chi connectivity index (χ1v) is 6.99. The summed E-state index contributed by atoms with van der Waals surface area (Å²) in [5.74, 6) is 1.58. The van der Waals surface area contributed by atoms with Crippen molar-refractivity contribution in [3.05, 3.63) is 5.89 Å². The number of thioether (sulfide) groups is 1. The zero-order chi connectivity index (χ0) is 12.3. The number of hydrogen-bond donors (Lipinski definition) is 2. The van der Waals surface area contributed by atoms with E-state index < -0.39 is 6.04 Å². The topological polar surface area (TPSA) is 94.0 Å². The fourth-order valence-corrected chi connectivity index (χ4v) is 1.84. The maximum Gasteiger partial charge on any atom is 0.322 e. The first kappa shape index (κ1) is 12.4. The summed E-state index contributed by atoms with van der Waals surface area (Å²) >= 11 is 1.66. The quantitative estimate of drug-likeness (QED) is 0.787. The predicted octanol–water partition coefficient (Wildman–Crippen LogP) is 0.966. The molecule has 0 saturated heterocycles. The molecule has 6 nitrogen and oxygen atoms in total. The zero-order valence-electron chi connectivity index (χ0n) is 9.68. The summed E-state index contributed by atoms with van der Waals surface area (Å²) < 4.78 is 5.32. The van der Waals surface area contributed by atoms with Crippen molar-refractivity contribution in [1.82, 2.24) is 10.2 Å². The molecule has 0 aliphatic heterocycles. The van der Waals surface area contributed by atoms with Crippen LogP contribution in [0.25, 0.3) is 0 Å². The minimum absolute atomic E-state index is 0.150. The van der Waals surface area contributed by atoms with Gasteiger partial charge in [-0.3, -0.25) is 10.1 Å². The van der Waals surface area contributed by atoms with Gasteiger partial charge < -0.3 is 10.2 Å². The first-order chi connectivity index (χ1) is 8.20. The molecular weight excluding hydrogens is 240 g/mol. The molecule has 1 fully saturated rings. The van der Waals surface area contributed by atoms with Crippen molar-refractivity contribution in [2.45, 2.75) is 31.2 Å². The van der Waals surface area contributed by atoms with Gasteiger partial charge in [0.15, 0.2) is 0 Å². The molecular formula is C10H16N4O2S. The van der Waals surface area contributed by atoms with Gasteiger partial charge in [0, 0.05) is 5.92 Å².